The van der Waals surface area contributed by atoms with Gasteiger partial charge in [-0.1, -0.05) is 19.4 Å². The van der Waals surface area contributed by atoms with Gasteiger partial charge in [0.1, 0.15) is 5.75 Å². The number of phenolic OH excluding ortho intramolecular Hbond substituents is 1. The average molecular weight is 384 g/mol. The molecule has 150 valence electrons. The zero-order valence-corrected chi connectivity index (χ0v) is 16.7. The first-order valence-electron chi connectivity index (χ1n) is 9.96. The third kappa shape index (κ3) is 2.96. The Morgan fingerprint density at radius 1 is 1.39 bits per heavy atom. The molecule has 0 amide bonds. The summed E-state index contributed by atoms with van der Waals surface area (Å²) in [5.74, 6) is 0.460. The number of carbonyl (C=O) groups excluding carboxylic acids is 1. The van der Waals surface area contributed by atoms with Crippen molar-refractivity contribution < 1.29 is 19.4 Å². The van der Waals surface area contributed by atoms with Crippen molar-refractivity contribution in [1.29, 1.82) is 0 Å². The van der Waals surface area contributed by atoms with Crippen LogP contribution in [0.3, 0.4) is 0 Å². The summed E-state index contributed by atoms with van der Waals surface area (Å²) in [6.45, 7) is 4.07. The number of aromatic nitrogens is 1. The summed E-state index contributed by atoms with van der Waals surface area (Å²) in [5, 5.41) is 11.3. The van der Waals surface area contributed by atoms with Gasteiger partial charge in [-0.3, -0.25) is 4.90 Å². The van der Waals surface area contributed by atoms with Crippen LogP contribution in [0.4, 0.5) is 0 Å². The molecular formula is C22H28N2O4. The molecule has 1 aromatic carbocycles. The normalized spacial score (nSPS) is 25.2. The number of aromatic amines is 1. The van der Waals surface area contributed by atoms with E-state index in [0.717, 1.165) is 43.3 Å². The number of ether oxygens (including phenoxy) is 2. The number of carbonyl (C=O) groups is 1. The number of methoxy groups -OCH3 is 2. The molecule has 3 atom stereocenters. The fourth-order valence-electron chi connectivity index (χ4n) is 5.13. The molecular weight excluding hydrogens is 356 g/mol. The Hall–Kier alpha value is -2.47. The summed E-state index contributed by atoms with van der Waals surface area (Å²) in [5.41, 5.74) is 3.96. The molecule has 28 heavy (non-hydrogen) atoms. The van der Waals surface area contributed by atoms with E-state index in [1.807, 2.05) is 12.1 Å². The maximum atomic E-state index is 12.4. The van der Waals surface area contributed by atoms with Crippen LogP contribution in [0.5, 0.6) is 5.75 Å². The summed E-state index contributed by atoms with van der Waals surface area (Å²) in [7, 11) is 2.99. The highest BCUT2D eigenvalue weighted by atomic mass is 16.5. The van der Waals surface area contributed by atoms with Gasteiger partial charge in [0.15, 0.2) is 0 Å². The fraction of sp³-hybridized carbons (Fsp3) is 0.500. The van der Waals surface area contributed by atoms with Crippen LogP contribution in [-0.4, -0.2) is 48.3 Å². The minimum absolute atomic E-state index is 0.0737. The van der Waals surface area contributed by atoms with Crippen molar-refractivity contribution >= 4 is 16.9 Å². The SMILES string of the molecule is CCC1CN2CCc3c([nH]c4cccc(O)c34)[C@@H]2C[C@@H]1/C(=C\OC)C(=O)OC. The Kier molecular flexibility index (Phi) is 5.06. The van der Waals surface area contributed by atoms with E-state index in [9.17, 15) is 9.90 Å². The van der Waals surface area contributed by atoms with Crippen LogP contribution in [0.1, 0.15) is 37.1 Å². The third-order valence-corrected chi connectivity index (χ3v) is 6.47. The summed E-state index contributed by atoms with van der Waals surface area (Å²) >= 11 is 0. The average Bonchev–Trinajstić information content (AvgIpc) is 3.10. The molecule has 4 rings (SSSR count). The van der Waals surface area contributed by atoms with Gasteiger partial charge in [-0.2, -0.15) is 0 Å². The lowest BCUT2D eigenvalue weighted by Gasteiger charge is -2.46. The van der Waals surface area contributed by atoms with Crippen molar-refractivity contribution in [2.24, 2.45) is 11.8 Å². The minimum Gasteiger partial charge on any atom is -0.507 e. The first kappa shape index (κ1) is 18.9. The Balaban J connectivity index is 1.75. The van der Waals surface area contributed by atoms with E-state index in [4.69, 9.17) is 9.47 Å². The number of fused-ring (bicyclic) bond motifs is 5. The number of aromatic hydroxyl groups is 1. The lowest BCUT2D eigenvalue weighted by Crippen LogP contribution is -2.47. The van der Waals surface area contributed by atoms with Crippen LogP contribution in [0, 0.1) is 11.8 Å². The number of hydrogen-bond donors (Lipinski definition) is 2. The van der Waals surface area contributed by atoms with Crippen molar-refractivity contribution in [3.8, 4) is 5.75 Å². The first-order chi connectivity index (χ1) is 13.6. The number of benzene rings is 1. The Morgan fingerprint density at radius 3 is 2.93 bits per heavy atom. The molecule has 1 unspecified atom stereocenters. The van der Waals surface area contributed by atoms with Gasteiger partial charge in [-0.15, -0.1) is 0 Å². The number of nitrogens with one attached hydrogen (secondary N) is 1. The molecule has 0 bridgehead atoms. The third-order valence-electron chi connectivity index (χ3n) is 6.47. The second-order valence-electron chi connectivity index (χ2n) is 7.79. The Bertz CT molecular complexity index is 917. The lowest BCUT2D eigenvalue weighted by molar-refractivity contribution is -0.137. The van der Waals surface area contributed by atoms with Crippen LogP contribution < -0.4 is 0 Å². The number of H-pyrrole nitrogens is 1. The van der Waals surface area contributed by atoms with Gasteiger partial charge in [0.2, 0.25) is 0 Å². The predicted molar refractivity (Wildman–Crippen MR) is 107 cm³/mol. The Labute approximate surface area is 165 Å². The number of nitrogens with zero attached hydrogens (tertiary/aromatic N) is 1. The number of phenols is 1. The summed E-state index contributed by atoms with van der Waals surface area (Å²) in [4.78, 5) is 18.5. The molecule has 1 fully saturated rings. The summed E-state index contributed by atoms with van der Waals surface area (Å²) in [6, 6.07) is 5.81. The van der Waals surface area contributed by atoms with Gasteiger partial charge in [0.25, 0.3) is 0 Å². The van der Waals surface area contributed by atoms with Crippen LogP contribution in [-0.2, 0) is 20.7 Å². The highest BCUT2D eigenvalue weighted by Crippen LogP contribution is 2.46. The van der Waals surface area contributed by atoms with Crippen molar-refractivity contribution in [2.75, 3.05) is 27.3 Å². The molecule has 0 spiro atoms. The smallest absolute Gasteiger partial charge is 0.337 e. The highest BCUT2D eigenvalue weighted by molar-refractivity contribution is 5.91. The molecule has 2 aliphatic rings. The molecule has 2 aromatic rings. The first-order valence-corrected chi connectivity index (χ1v) is 9.96. The van der Waals surface area contributed by atoms with E-state index in [-0.39, 0.29) is 17.9 Å². The summed E-state index contributed by atoms with van der Waals surface area (Å²) in [6.07, 6.45) is 4.29. The molecule has 0 aliphatic carbocycles. The van der Waals surface area contributed by atoms with E-state index >= 15 is 0 Å². The standard InChI is InChI=1S/C22H28N2O4/c1-4-13-11-24-9-8-14-20-17(6-5-7-19(20)25)23-21(14)18(24)10-15(13)16(12-27-2)22(26)28-3/h5-7,12-13,15,18,23,25H,4,8-11H2,1-3H3/b16-12+/t13?,15-,18-/m0/s1. The lowest BCUT2D eigenvalue weighted by atomic mass is 9.74. The largest absolute Gasteiger partial charge is 0.507 e. The van der Waals surface area contributed by atoms with Gasteiger partial charge in [-0.05, 0) is 42.4 Å². The van der Waals surface area contributed by atoms with Crippen molar-refractivity contribution in [3.05, 3.63) is 41.3 Å². The van der Waals surface area contributed by atoms with Crippen molar-refractivity contribution in [1.82, 2.24) is 9.88 Å². The second kappa shape index (κ2) is 7.51. The number of hydrogen-bond acceptors (Lipinski definition) is 5. The van der Waals surface area contributed by atoms with Gasteiger partial charge >= 0.3 is 5.97 Å². The van der Waals surface area contributed by atoms with E-state index in [1.165, 1.54) is 18.4 Å². The molecule has 3 heterocycles. The van der Waals surface area contributed by atoms with E-state index < -0.39 is 0 Å². The molecule has 6 heteroatoms. The quantitative estimate of drug-likeness (QED) is 0.479. The topological polar surface area (TPSA) is 74.8 Å². The highest BCUT2D eigenvalue weighted by Gasteiger charge is 2.42. The van der Waals surface area contributed by atoms with Crippen LogP contribution in [0.25, 0.3) is 10.9 Å². The van der Waals surface area contributed by atoms with E-state index in [0.29, 0.717) is 17.2 Å². The monoisotopic (exact) mass is 384 g/mol. The Morgan fingerprint density at radius 2 is 2.21 bits per heavy atom. The fourth-order valence-corrected chi connectivity index (χ4v) is 5.13. The zero-order chi connectivity index (χ0) is 19.8. The van der Waals surface area contributed by atoms with Gasteiger partial charge in [0, 0.05) is 29.7 Å². The number of esters is 1. The maximum Gasteiger partial charge on any atom is 0.337 e. The molecule has 1 saturated heterocycles. The van der Waals surface area contributed by atoms with Gasteiger partial charge in [0.05, 0.1) is 32.1 Å². The molecule has 6 nitrogen and oxygen atoms in total. The summed E-state index contributed by atoms with van der Waals surface area (Å²) < 4.78 is 10.3. The second-order valence-corrected chi connectivity index (χ2v) is 7.79. The zero-order valence-electron chi connectivity index (χ0n) is 16.7. The van der Waals surface area contributed by atoms with E-state index in [1.54, 1.807) is 19.4 Å². The maximum absolute atomic E-state index is 12.4. The van der Waals surface area contributed by atoms with Crippen LogP contribution in [0.15, 0.2) is 30.0 Å². The molecule has 1 aromatic heterocycles. The molecule has 0 saturated carbocycles. The molecule has 2 N–H and O–H groups in total. The van der Waals surface area contributed by atoms with Gasteiger partial charge in [-0.25, -0.2) is 4.79 Å². The number of piperidine rings is 1. The van der Waals surface area contributed by atoms with Gasteiger partial charge < -0.3 is 19.6 Å². The molecule has 2 aliphatic heterocycles. The molecule has 0 radical (unpaired) electrons. The van der Waals surface area contributed by atoms with E-state index in [2.05, 4.69) is 16.8 Å². The van der Waals surface area contributed by atoms with Crippen LogP contribution >= 0.6 is 0 Å². The van der Waals surface area contributed by atoms with Crippen LogP contribution in [0.2, 0.25) is 0 Å². The number of rotatable bonds is 4. The minimum atomic E-state index is -0.316. The van der Waals surface area contributed by atoms with Crippen molar-refractivity contribution in [2.45, 2.75) is 32.2 Å². The predicted octanol–water partition coefficient (Wildman–Crippen LogP) is 3.52. The van der Waals surface area contributed by atoms with Crippen molar-refractivity contribution in [3.63, 3.8) is 0 Å².